The highest BCUT2D eigenvalue weighted by Crippen LogP contribution is 2.21. The van der Waals surface area contributed by atoms with Gasteiger partial charge in [0.1, 0.15) is 0 Å². The second-order valence-corrected chi connectivity index (χ2v) is 5.71. The summed E-state index contributed by atoms with van der Waals surface area (Å²) in [5.41, 5.74) is 1.10. The predicted molar refractivity (Wildman–Crippen MR) is 66.7 cm³/mol. The molecule has 0 saturated heterocycles. The van der Waals surface area contributed by atoms with Gasteiger partial charge in [0, 0.05) is 23.9 Å². The number of hydrogen-bond donors (Lipinski definition) is 2. The number of nitrogens with zero attached hydrogens (tertiary/aromatic N) is 1. The summed E-state index contributed by atoms with van der Waals surface area (Å²) in [5, 5.41) is 16.4. The first-order valence-corrected chi connectivity index (χ1v) is 6.90. The summed E-state index contributed by atoms with van der Waals surface area (Å²) in [5.74, 6) is 0.510. The van der Waals surface area contributed by atoms with Crippen molar-refractivity contribution in [1.29, 1.82) is 0 Å². The molecule has 90 valence electrons. The molecule has 1 aliphatic rings. The molecule has 0 spiro atoms. The van der Waals surface area contributed by atoms with Crippen LogP contribution in [-0.4, -0.2) is 22.2 Å². The zero-order valence-corrected chi connectivity index (χ0v) is 10.8. The van der Waals surface area contributed by atoms with E-state index < -0.39 is 0 Å². The topological polar surface area (TPSA) is 45.2 Å². The second-order valence-electron chi connectivity index (χ2n) is 4.82. The Kier molecular flexibility index (Phi) is 3.95. The number of aliphatic hydroxyl groups is 1. The highest BCUT2D eigenvalue weighted by atomic mass is 32.1. The van der Waals surface area contributed by atoms with E-state index in [1.165, 1.54) is 5.01 Å². The minimum Gasteiger partial charge on any atom is -0.392 e. The van der Waals surface area contributed by atoms with Gasteiger partial charge in [-0.15, -0.1) is 11.3 Å². The Morgan fingerprint density at radius 3 is 2.94 bits per heavy atom. The maximum atomic E-state index is 9.68. The quantitative estimate of drug-likeness (QED) is 0.848. The Morgan fingerprint density at radius 2 is 2.38 bits per heavy atom. The van der Waals surface area contributed by atoms with E-state index in [-0.39, 0.29) is 12.1 Å². The predicted octanol–water partition coefficient (Wildman–Crippen LogP) is 2.27. The summed E-state index contributed by atoms with van der Waals surface area (Å²) in [7, 11) is 0. The van der Waals surface area contributed by atoms with Crippen molar-refractivity contribution in [3.05, 3.63) is 16.1 Å². The summed E-state index contributed by atoms with van der Waals surface area (Å²) < 4.78 is 0. The minimum atomic E-state index is -0.164. The first-order chi connectivity index (χ1) is 7.66. The van der Waals surface area contributed by atoms with Crippen molar-refractivity contribution < 1.29 is 5.11 Å². The molecule has 0 aliphatic heterocycles. The molecule has 2 rings (SSSR count). The molecular formula is C12H20N2OS. The van der Waals surface area contributed by atoms with Crippen LogP contribution in [0.4, 0.5) is 0 Å². The molecule has 1 saturated carbocycles. The highest BCUT2D eigenvalue weighted by Gasteiger charge is 2.24. The molecule has 16 heavy (non-hydrogen) atoms. The average molecular weight is 240 g/mol. The van der Waals surface area contributed by atoms with E-state index in [0.717, 1.165) is 31.5 Å². The molecule has 1 fully saturated rings. The van der Waals surface area contributed by atoms with Gasteiger partial charge in [0.15, 0.2) is 0 Å². The number of hydrogen-bond acceptors (Lipinski definition) is 4. The number of aromatic nitrogens is 1. The summed E-state index contributed by atoms with van der Waals surface area (Å²) in [4.78, 5) is 4.57. The molecule has 0 bridgehead atoms. The van der Waals surface area contributed by atoms with Gasteiger partial charge in [0.25, 0.3) is 0 Å². The van der Waals surface area contributed by atoms with Crippen LogP contribution in [0.2, 0.25) is 0 Å². The van der Waals surface area contributed by atoms with Crippen LogP contribution in [0.15, 0.2) is 5.38 Å². The van der Waals surface area contributed by atoms with Gasteiger partial charge in [-0.05, 0) is 19.3 Å². The van der Waals surface area contributed by atoms with Gasteiger partial charge >= 0.3 is 0 Å². The third-order valence-electron chi connectivity index (χ3n) is 3.09. The van der Waals surface area contributed by atoms with E-state index >= 15 is 0 Å². The van der Waals surface area contributed by atoms with Crippen molar-refractivity contribution in [2.45, 2.75) is 57.7 Å². The Labute approximate surface area is 101 Å². The summed E-state index contributed by atoms with van der Waals surface area (Å²) in [6.07, 6.45) is 2.99. The summed E-state index contributed by atoms with van der Waals surface area (Å²) >= 11 is 1.73. The lowest BCUT2D eigenvalue weighted by Crippen LogP contribution is -2.35. The third-order valence-corrected chi connectivity index (χ3v) is 4.28. The fourth-order valence-electron chi connectivity index (χ4n) is 2.08. The normalized spacial score (nSPS) is 25.5. The van der Waals surface area contributed by atoms with Crippen LogP contribution < -0.4 is 5.32 Å². The van der Waals surface area contributed by atoms with Crippen molar-refractivity contribution in [1.82, 2.24) is 10.3 Å². The fourth-order valence-corrected chi connectivity index (χ4v) is 2.92. The third kappa shape index (κ3) is 2.81. The van der Waals surface area contributed by atoms with Crippen LogP contribution in [0.1, 0.15) is 49.7 Å². The van der Waals surface area contributed by atoms with Crippen molar-refractivity contribution in [2.24, 2.45) is 0 Å². The number of aliphatic hydroxyl groups excluding tert-OH is 1. The van der Waals surface area contributed by atoms with Gasteiger partial charge < -0.3 is 10.4 Å². The maximum absolute atomic E-state index is 9.68. The lowest BCUT2D eigenvalue weighted by molar-refractivity contribution is 0.148. The van der Waals surface area contributed by atoms with Crippen LogP contribution in [0.3, 0.4) is 0 Å². The number of nitrogens with one attached hydrogen (secondary N) is 1. The van der Waals surface area contributed by atoms with Crippen LogP contribution in [0.5, 0.6) is 0 Å². The molecule has 0 amide bonds. The molecule has 0 radical (unpaired) electrons. The largest absolute Gasteiger partial charge is 0.392 e. The van der Waals surface area contributed by atoms with Gasteiger partial charge in [0.05, 0.1) is 16.8 Å². The van der Waals surface area contributed by atoms with E-state index in [0.29, 0.717) is 5.92 Å². The lowest BCUT2D eigenvalue weighted by atomic mass is 10.2. The fraction of sp³-hybridized carbons (Fsp3) is 0.750. The van der Waals surface area contributed by atoms with Gasteiger partial charge in [0.2, 0.25) is 0 Å². The molecule has 1 aromatic rings. The van der Waals surface area contributed by atoms with Crippen LogP contribution >= 0.6 is 11.3 Å². The number of thiazole rings is 1. The SMILES string of the molecule is CC(C)c1nc(CNC2CCCC2O)cs1. The lowest BCUT2D eigenvalue weighted by Gasteiger charge is -2.15. The first kappa shape index (κ1) is 12.0. The van der Waals surface area contributed by atoms with Crippen LogP contribution in [-0.2, 0) is 6.54 Å². The maximum Gasteiger partial charge on any atom is 0.0954 e. The molecule has 0 aromatic carbocycles. The molecule has 2 atom stereocenters. The minimum absolute atomic E-state index is 0.164. The van der Waals surface area contributed by atoms with Crippen molar-refractivity contribution in [3.8, 4) is 0 Å². The van der Waals surface area contributed by atoms with Crippen LogP contribution in [0, 0.1) is 0 Å². The Bertz CT molecular complexity index is 338. The molecule has 2 N–H and O–H groups in total. The Morgan fingerprint density at radius 1 is 1.56 bits per heavy atom. The monoisotopic (exact) mass is 240 g/mol. The van der Waals surface area contributed by atoms with Crippen molar-refractivity contribution in [2.75, 3.05) is 0 Å². The Balaban J connectivity index is 1.84. The summed E-state index contributed by atoms with van der Waals surface area (Å²) in [6.45, 7) is 5.11. The molecular weight excluding hydrogens is 220 g/mol. The average Bonchev–Trinajstić information content (AvgIpc) is 2.83. The number of rotatable bonds is 4. The molecule has 1 heterocycles. The first-order valence-electron chi connectivity index (χ1n) is 6.02. The van der Waals surface area contributed by atoms with Crippen molar-refractivity contribution in [3.63, 3.8) is 0 Å². The van der Waals surface area contributed by atoms with Crippen molar-refractivity contribution >= 4 is 11.3 Å². The molecule has 1 aromatic heterocycles. The smallest absolute Gasteiger partial charge is 0.0954 e. The standard InChI is InChI=1S/C12H20N2OS/c1-8(2)12-14-9(7-16-12)6-13-10-4-3-5-11(10)15/h7-8,10-11,13,15H,3-6H2,1-2H3. The van der Waals surface area contributed by atoms with Gasteiger partial charge in [-0.25, -0.2) is 4.98 Å². The molecule has 2 unspecified atom stereocenters. The van der Waals surface area contributed by atoms with Gasteiger partial charge in [-0.3, -0.25) is 0 Å². The molecule has 4 heteroatoms. The van der Waals surface area contributed by atoms with E-state index in [1.54, 1.807) is 11.3 Å². The highest BCUT2D eigenvalue weighted by molar-refractivity contribution is 7.09. The Hall–Kier alpha value is -0.450. The van der Waals surface area contributed by atoms with Gasteiger partial charge in [-0.2, -0.15) is 0 Å². The van der Waals surface area contributed by atoms with E-state index in [2.05, 4.69) is 29.5 Å². The molecule has 3 nitrogen and oxygen atoms in total. The van der Waals surface area contributed by atoms with E-state index in [4.69, 9.17) is 0 Å². The second kappa shape index (κ2) is 5.25. The van der Waals surface area contributed by atoms with E-state index in [9.17, 15) is 5.11 Å². The van der Waals surface area contributed by atoms with Gasteiger partial charge in [-0.1, -0.05) is 13.8 Å². The molecule has 1 aliphatic carbocycles. The van der Waals surface area contributed by atoms with Crippen LogP contribution in [0.25, 0.3) is 0 Å². The van der Waals surface area contributed by atoms with E-state index in [1.807, 2.05) is 0 Å². The zero-order valence-electron chi connectivity index (χ0n) is 9.94. The zero-order chi connectivity index (χ0) is 11.5. The summed E-state index contributed by atoms with van der Waals surface area (Å²) in [6, 6.07) is 0.268.